The molecular formula is C32H22F3IN4O3. The molecule has 216 valence electrons. The van der Waals surface area contributed by atoms with E-state index >= 15 is 8.78 Å². The van der Waals surface area contributed by atoms with Crippen LogP contribution in [0, 0.1) is 21.0 Å². The van der Waals surface area contributed by atoms with E-state index in [-0.39, 0.29) is 22.6 Å². The molecule has 2 heterocycles. The molecule has 1 N–H and O–H groups in total. The maximum absolute atomic E-state index is 15.8. The molecule has 0 radical (unpaired) electrons. The quantitative estimate of drug-likeness (QED) is 0.107. The molecule has 5 aromatic rings. The number of rotatable bonds is 8. The van der Waals surface area contributed by atoms with Crippen molar-refractivity contribution in [2.24, 2.45) is 4.99 Å². The average Bonchev–Trinajstić information content (AvgIpc) is 3.02. The van der Waals surface area contributed by atoms with Gasteiger partial charge in [0, 0.05) is 32.7 Å². The maximum atomic E-state index is 15.8. The predicted molar refractivity (Wildman–Crippen MR) is 166 cm³/mol. The summed E-state index contributed by atoms with van der Waals surface area (Å²) in [6.07, 6.45) is 2.36. The zero-order valence-corrected chi connectivity index (χ0v) is 24.7. The molecule has 43 heavy (non-hydrogen) atoms. The van der Waals surface area contributed by atoms with Gasteiger partial charge >= 0.3 is 5.97 Å². The maximum Gasteiger partial charge on any atom is 0.341 e. The Morgan fingerprint density at radius 3 is 2.21 bits per heavy atom. The molecule has 0 atom stereocenters. The van der Waals surface area contributed by atoms with Crippen molar-refractivity contribution in [2.75, 3.05) is 12.4 Å². The molecular weight excluding hydrogens is 672 g/mol. The average molecular weight is 694 g/mol. The van der Waals surface area contributed by atoms with Crippen LogP contribution in [0.1, 0.15) is 27.0 Å². The van der Waals surface area contributed by atoms with Gasteiger partial charge in [0.1, 0.15) is 11.4 Å². The van der Waals surface area contributed by atoms with Crippen molar-refractivity contribution in [3.63, 3.8) is 0 Å². The number of esters is 1. The standard InChI is InChI=1S/C32H22F3IN4O3/c1-43-32(42)23-18-40(31(41)27(35)29(23)38-25-13-12-22(36)16-24(25)33)17-21-14-15-37-30(26(21)34)39-28(19-8-4-2-5-9-19)20-10-6-3-7-11-20/h2-16,18,38H,17H2,1H3. The number of benzene rings is 3. The van der Waals surface area contributed by atoms with E-state index in [0.29, 0.717) is 9.28 Å². The summed E-state index contributed by atoms with van der Waals surface area (Å²) in [7, 11) is 1.08. The number of pyridine rings is 2. The number of aromatic nitrogens is 2. The molecule has 7 nitrogen and oxygen atoms in total. The number of carbonyl (C=O) groups is 1. The number of aliphatic imine (C=N–C) groups is 1. The molecule has 0 amide bonds. The van der Waals surface area contributed by atoms with Gasteiger partial charge in [0.25, 0.3) is 5.56 Å². The second-order valence-electron chi connectivity index (χ2n) is 9.21. The lowest BCUT2D eigenvalue weighted by Crippen LogP contribution is -2.27. The lowest BCUT2D eigenvalue weighted by molar-refractivity contribution is 0.0600. The number of hydrogen-bond donors (Lipinski definition) is 1. The number of methoxy groups -OCH3 is 1. The number of anilines is 2. The fourth-order valence-corrected chi connectivity index (χ4v) is 4.76. The Balaban J connectivity index is 1.56. The van der Waals surface area contributed by atoms with Crippen LogP contribution >= 0.6 is 22.6 Å². The van der Waals surface area contributed by atoms with E-state index in [1.54, 1.807) is 6.07 Å². The van der Waals surface area contributed by atoms with E-state index in [2.05, 4.69) is 15.3 Å². The first-order valence-electron chi connectivity index (χ1n) is 12.8. The molecule has 0 fully saturated rings. The first kappa shape index (κ1) is 29.7. The Morgan fingerprint density at radius 1 is 0.953 bits per heavy atom. The zero-order chi connectivity index (χ0) is 30.5. The summed E-state index contributed by atoms with van der Waals surface area (Å²) in [4.78, 5) is 34.3. The van der Waals surface area contributed by atoms with Crippen LogP contribution in [0.5, 0.6) is 0 Å². The van der Waals surface area contributed by atoms with Crippen molar-refractivity contribution in [1.82, 2.24) is 9.55 Å². The number of hydrogen-bond acceptors (Lipinski definition) is 6. The number of halogens is 4. The molecule has 0 saturated heterocycles. The predicted octanol–water partition coefficient (Wildman–Crippen LogP) is 7.01. The van der Waals surface area contributed by atoms with E-state index in [1.807, 2.05) is 83.3 Å². The minimum Gasteiger partial charge on any atom is -0.465 e. The number of carbonyl (C=O) groups excluding carboxylic acids is 1. The molecule has 5 rings (SSSR count). The number of nitrogens with one attached hydrogen (secondary N) is 1. The molecule has 0 aliphatic heterocycles. The van der Waals surface area contributed by atoms with Gasteiger partial charge in [-0.15, -0.1) is 0 Å². The lowest BCUT2D eigenvalue weighted by Gasteiger charge is -2.16. The summed E-state index contributed by atoms with van der Waals surface area (Å²) in [6, 6.07) is 23.8. The van der Waals surface area contributed by atoms with Crippen LogP contribution in [-0.2, 0) is 11.3 Å². The van der Waals surface area contributed by atoms with Crippen LogP contribution in [0.25, 0.3) is 0 Å². The fourth-order valence-electron chi connectivity index (χ4n) is 4.31. The lowest BCUT2D eigenvalue weighted by atomic mass is 10.0. The minimum atomic E-state index is -1.37. The van der Waals surface area contributed by atoms with Gasteiger partial charge < -0.3 is 14.6 Å². The SMILES string of the molecule is COC(=O)c1cn(Cc2ccnc(N=C(c3ccccc3)c3ccccc3)c2F)c(=O)c(F)c1Nc1ccc(I)cc1F. The van der Waals surface area contributed by atoms with Crippen molar-refractivity contribution in [3.8, 4) is 0 Å². The van der Waals surface area contributed by atoms with Crippen LogP contribution in [-0.4, -0.2) is 28.3 Å². The van der Waals surface area contributed by atoms with Crippen molar-refractivity contribution in [1.29, 1.82) is 0 Å². The Kier molecular flexibility index (Phi) is 9.00. The van der Waals surface area contributed by atoms with Gasteiger partial charge in [-0.05, 0) is 46.9 Å². The highest BCUT2D eigenvalue weighted by molar-refractivity contribution is 14.1. The topological polar surface area (TPSA) is 85.6 Å². The second-order valence-corrected chi connectivity index (χ2v) is 10.5. The van der Waals surface area contributed by atoms with Crippen molar-refractivity contribution in [3.05, 3.63) is 151 Å². The van der Waals surface area contributed by atoms with E-state index in [9.17, 15) is 14.0 Å². The van der Waals surface area contributed by atoms with Gasteiger partial charge in [-0.1, -0.05) is 60.7 Å². The molecule has 0 unspecified atom stereocenters. The van der Waals surface area contributed by atoms with E-state index in [1.165, 1.54) is 24.4 Å². The normalized spacial score (nSPS) is 10.7. The second kappa shape index (κ2) is 13.0. The summed E-state index contributed by atoms with van der Waals surface area (Å²) >= 11 is 1.91. The van der Waals surface area contributed by atoms with Crippen LogP contribution < -0.4 is 10.9 Å². The van der Waals surface area contributed by atoms with Crippen LogP contribution in [0.3, 0.4) is 0 Å². The third-order valence-electron chi connectivity index (χ3n) is 6.42. The fraction of sp³-hybridized carbons (Fsp3) is 0.0625. The number of nitrogens with zero attached hydrogens (tertiary/aromatic N) is 3. The smallest absolute Gasteiger partial charge is 0.341 e. The summed E-state index contributed by atoms with van der Waals surface area (Å²) in [5.74, 6) is -4.15. The molecule has 0 aliphatic carbocycles. The van der Waals surface area contributed by atoms with Gasteiger partial charge in [0.05, 0.1) is 30.7 Å². The van der Waals surface area contributed by atoms with Crippen molar-refractivity contribution >= 4 is 51.5 Å². The van der Waals surface area contributed by atoms with Gasteiger partial charge in [0.2, 0.25) is 5.82 Å². The summed E-state index contributed by atoms with van der Waals surface area (Å²) < 4.78 is 52.0. The molecule has 0 spiro atoms. The third-order valence-corrected chi connectivity index (χ3v) is 7.09. The van der Waals surface area contributed by atoms with Gasteiger partial charge in [0.15, 0.2) is 11.6 Å². The van der Waals surface area contributed by atoms with Gasteiger partial charge in [-0.25, -0.2) is 23.6 Å². The summed E-state index contributed by atoms with van der Waals surface area (Å²) in [6.45, 7) is -0.458. The van der Waals surface area contributed by atoms with Crippen LogP contribution in [0.2, 0.25) is 0 Å². The molecule has 3 aromatic carbocycles. The van der Waals surface area contributed by atoms with E-state index < -0.39 is 41.2 Å². The van der Waals surface area contributed by atoms with E-state index in [0.717, 1.165) is 29.0 Å². The van der Waals surface area contributed by atoms with E-state index in [4.69, 9.17) is 4.74 Å². The largest absolute Gasteiger partial charge is 0.465 e. The third kappa shape index (κ3) is 6.51. The number of ether oxygens (including phenoxy) is 1. The molecule has 0 aliphatic rings. The zero-order valence-electron chi connectivity index (χ0n) is 22.5. The van der Waals surface area contributed by atoms with Crippen LogP contribution in [0.4, 0.5) is 30.4 Å². The summed E-state index contributed by atoms with van der Waals surface area (Å²) in [5.41, 5.74) is -0.378. The Bertz CT molecular complexity index is 1860. The first-order chi connectivity index (χ1) is 20.8. The minimum absolute atomic E-state index is 0.0315. The highest BCUT2D eigenvalue weighted by atomic mass is 127. The molecule has 2 aromatic heterocycles. The Labute approximate surface area is 257 Å². The summed E-state index contributed by atoms with van der Waals surface area (Å²) in [5, 5.41) is 2.49. The Morgan fingerprint density at radius 2 is 1.60 bits per heavy atom. The van der Waals surface area contributed by atoms with Crippen molar-refractivity contribution < 1.29 is 22.7 Å². The molecule has 0 saturated carbocycles. The molecule has 0 bridgehead atoms. The van der Waals surface area contributed by atoms with Gasteiger partial charge in [-0.2, -0.15) is 4.39 Å². The Hall–Kier alpha value is -4.78. The highest BCUT2D eigenvalue weighted by Gasteiger charge is 2.23. The monoisotopic (exact) mass is 694 g/mol. The van der Waals surface area contributed by atoms with Gasteiger partial charge in [-0.3, -0.25) is 4.79 Å². The first-order valence-corrected chi connectivity index (χ1v) is 13.9. The highest BCUT2D eigenvalue weighted by Crippen LogP contribution is 2.27. The van der Waals surface area contributed by atoms with Crippen LogP contribution in [0.15, 0.2) is 107 Å². The van der Waals surface area contributed by atoms with Crippen molar-refractivity contribution in [2.45, 2.75) is 6.54 Å². The molecule has 11 heteroatoms.